The first kappa shape index (κ1) is 8.92. The van der Waals surface area contributed by atoms with Crippen molar-refractivity contribution in [3.8, 4) is 0 Å². The van der Waals surface area contributed by atoms with Crippen molar-refractivity contribution >= 4 is 0 Å². The Balaban J connectivity index is 2.91. The largest absolute Gasteiger partial charge is 0.340 e. The van der Waals surface area contributed by atoms with Crippen LogP contribution in [0.25, 0.3) is 0 Å². The Morgan fingerprint density at radius 1 is 1.33 bits per heavy atom. The highest BCUT2D eigenvalue weighted by molar-refractivity contribution is 4.25. The van der Waals surface area contributed by atoms with Gasteiger partial charge >= 0.3 is 0 Å². The van der Waals surface area contributed by atoms with Crippen LogP contribution in [-0.2, 0) is 0 Å². The van der Waals surface area contributed by atoms with Crippen LogP contribution in [0.15, 0.2) is 0 Å². The number of quaternary nitrogens is 2. The molecule has 0 aromatic rings. The van der Waals surface area contributed by atoms with Crippen LogP contribution in [0.3, 0.4) is 0 Å². The summed E-state index contributed by atoms with van der Waals surface area (Å²) in [6.45, 7) is 6.97. The third kappa shape index (κ3) is 7.92. The van der Waals surface area contributed by atoms with Gasteiger partial charge in [-0.1, -0.05) is 0 Å². The van der Waals surface area contributed by atoms with Gasteiger partial charge in [-0.3, -0.25) is 0 Å². The Bertz CT molecular complexity index is 51.9. The van der Waals surface area contributed by atoms with Gasteiger partial charge in [-0.15, -0.1) is 0 Å². The molecule has 0 fully saturated rings. The van der Waals surface area contributed by atoms with E-state index in [1.165, 1.54) is 18.0 Å². The summed E-state index contributed by atoms with van der Waals surface area (Å²) in [6.07, 6.45) is 0. The molecule has 0 aliphatic heterocycles. The van der Waals surface area contributed by atoms with E-state index in [0.717, 1.165) is 6.04 Å². The molecule has 0 spiro atoms. The second kappa shape index (κ2) is 4.77. The fraction of sp³-hybridized carbons (Fsp3) is 1.00. The fourth-order valence-electron chi connectivity index (χ4n) is 0.705. The minimum absolute atomic E-state index is 0.754. The first-order valence-corrected chi connectivity index (χ1v) is 3.75. The van der Waals surface area contributed by atoms with E-state index in [0.29, 0.717) is 0 Å². The molecule has 0 aliphatic carbocycles. The van der Waals surface area contributed by atoms with Crippen LogP contribution < -0.4 is 10.2 Å². The molecular weight excluding hydrogens is 112 g/mol. The van der Waals surface area contributed by atoms with Gasteiger partial charge in [0.05, 0.1) is 20.1 Å². The van der Waals surface area contributed by atoms with Crippen molar-refractivity contribution in [1.29, 1.82) is 0 Å². The molecule has 9 heavy (non-hydrogen) atoms. The standard InChI is InChI=1S/C7H18N2/c1-7(2)8-5-6-9(3)4/h7-8H,5-6H2,1-4H3/p+2. The summed E-state index contributed by atoms with van der Waals surface area (Å²) in [5.74, 6) is 0. The van der Waals surface area contributed by atoms with Crippen LogP contribution in [0.5, 0.6) is 0 Å². The number of likely N-dealkylation sites (N-methyl/N-ethyl adjacent to an activating group) is 1. The molecule has 0 unspecified atom stereocenters. The van der Waals surface area contributed by atoms with Gasteiger partial charge in [0.25, 0.3) is 0 Å². The summed E-state index contributed by atoms with van der Waals surface area (Å²) in [5.41, 5.74) is 0. The highest BCUT2D eigenvalue weighted by Gasteiger charge is 1.97. The lowest BCUT2D eigenvalue weighted by Gasteiger charge is -2.07. The van der Waals surface area contributed by atoms with E-state index in [9.17, 15) is 0 Å². The lowest BCUT2D eigenvalue weighted by molar-refractivity contribution is -0.876. The Morgan fingerprint density at radius 3 is 2.22 bits per heavy atom. The Morgan fingerprint density at radius 2 is 1.89 bits per heavy atom. The lowest BCUT2D eigenvalue weighted by atomic mass is 10.4. The molecule has 56 valence electrons. The average Bonchev–Trinajstić information content (AvgIpc) is 1.63. The van der Waals surface area contributed by atoms with Crippen LogP contribution in [0.4, 0.5) is 0 Å². The van der Waals surface area contributed by atoms with Gasteiger partial charge in [0.1, 0.15) is 13.1 Å². The van der Waals surface area contributed by atoms with E-state index in [4.69, 9.17) is 0 Å². The van der Waals surface area contributed by atoms with Crippen molar-refractivity contribution in [2.75, 3.05) is 27.2 Å². The molecule has 0 radical (unpaired) electrons. The molecule has 0 heterocycles. The third-order valence-corrected chi connectivity index (χ3v) is 1.28. The Hall–Kier alpha value is -0.0800. The summed E-state index contributed by atoms with van der Waals surface area (Å²) in [4.78, 5) is 1.53. The fourth-order valence-corrected chi connectivity index (χ4v) is 0.705. The molecule has 3 N–H and O–H groups in total. The zero-order valence-corrected chi connectivity index (χ0v) is 7.07. The molecule has 2 heteroatoms. The maximum absolute atomic E-state index is 2.37. The van der Waals surface area contributed by atoms with Crippen LogP contribution in [-0.4, -0.2) is 33.2 Å². The van der Waals surface area contributed by atoms with E-state index < -0.39 is 0 Å². The van der Waals surface area contributed by atoms with Crippen LogP contribution >= 0.6 is 0 Å². The third-order valence-electron chi connectivity index (χ3n) is 1.28. The first-order valence-electron chi connectivity index (χ1n) is 3.75. The molecule has 0 atom stereocenters. The normalized spacial score (nSPS) is 11.3. The van der Waals surface area contributed by atoms with Gasteiger partial charge in [0.2, 0.25) is 0 Å². The molecule has 0 aromatic carbocycles. The van der Waals surface area contributed by atoms with Crippen molar-refractivity contribution in [3.63, 3.8) is 0 Å². The molecule has 0 amide bonds. The first-order chi connectivity index (χ1) is 4.13. The van der Waals surface area contributed by atoms with E-state index in [2.05, 4.69) is 33.3 Å². The summed E-state index contributed by atoms with van der Waals surface area (Å²) in [5, 5.41) is 2.37. The number of rotatable bonds is 4. The number of nitrogens with one attached hydrogen (secondary N) is 1. The van der Waals surface area contributed by atoms with Crippen LogP contribution in [0.1, 0.15) is 13.8 Å². The summed E-state index contributed by atoms with van der Waals surface area (Å²) in [6, 6.07) is 0.754. The maximum Gasteiger partial charge on any atom is 0.126 e. The second-order valence-electron chi connectivity index (χ2n) is 3.23. The molecule has 2 nitrogen and oxygen atoms in total. The number of hydrogen-bond donors (Lipinski definition) is 2. The van der Waals surface area contributed by atoms with E-state index in [-0.39, 0.29) is 0 Å². The second-order valence-corrected chi connectivity index (χ2v) is 3.23. The van der Waals surface area contributed by atoms with Crippen molar-refractivity contribution in [2.45, 2.75) is 19.9 Å². The topological polar surface area (TPSA) is 21.1 Å². The maximum atomic E-state index is 2.37. The Labute approximate surface area is 58.2 Å². The zero-order valence-electron chi connectivity index (χ0n) is 7.07. The molecule has 0 bridgehead atoms. The van der Waals surface area contributed by atoms with Gasteiger partial charge in [0.15, 0.2) is 0 Å². The van der Waals surface area contributed by atoms with Gasteiger partial charge in [-0.2, -0.15) is 0 Å². The average molecular weight is 132 g/mol. The zero-order chi connectivity index (χ0) is 7.28. The van der Waals surface area contributed by atoms with E-state index >= 15 is 0 Å². The van der Waals surface area contributed by atoms with E-state index in [1.54, 1.807) is 0 Å². The van der Waals surface area contributed by atoms with Gasteiger partial charge in [-0.25, -0.2) is 0 Å². The lowest BCUT2D eigenvalue weighted by Crippen LogP contribution is -3.09. The minimum atomic E-state index is 0.754. The summed E-state index contributed by atoms with van der Waals surface area (Å²) < 4.78 is 0. The van der Waals surface area contributed by atoms with Gasteiger partial charge in [-0.05, 0) is 13.8 Å². The molecule has 0 saturated carbocycles. The summed E-state index contributed by atoms with van der Waals surface area (Å²) >= 11 is 0. The minimum Gasteiger partial charge on any atom is -0.340 e. The van der Waals surface area contributed by atoms with Gasteiger partial charge < -0.3 is 10.2 Å². The molecule has 0 aromatic heterocycles. The molecule has 0 rings (SSSR count). The molecule has 0 aliphatic rings. The number of hydrogen-bond acceptors (Lipinski definition) is 0. The van der Waals surface area contributed by atoms with Crippen LogP contribution in [0, 0.1) is 0 Å². The van der Waals surface area contributed by atoms with E-state index in [1.807, 2.05) is 0 Å². The molecule has 0 saturated heterocycles. The SMILES string of the molecule is CC(C)[NH2+]CC[NH+](C)C. The van der Waals surface area contributed by atoms with Crippen molar-refractivity contribution < 1.29 is 10.2 Å². The predicted octanol–water partition coefficient (Wildman–Crippen LogP) is -1.90. The smallest absolute Gasteiger partial charge is 0.126 e. The number of nitrogens with two attached hydrogens (primary N) is 1. The summed E-state index contributed by atoms with van der Waals surface area (Å²) in [7, 11) is 4.38. The predicted molar refractivity (Wildman–Crippen MR) is 39.6 cm³/mol. The molecular formula is C7H20N2+2. The quantitative estimate of drug-likeness (QED) is 0.446. The van der Waals surface area contributed by atoms with Crippen LogP contribution in [0.2, 0.25) is 0 Å². The van der Waals surface area contributed by atoms with Crippen molar-refractivity contribution in [3.05, 3.63) is 0 Å². The Kier molecular flexibility index (Phi) is 4.72. The van der Waals surface area contributed by atoms with Crippen molar-refractivity contribution in [2.24, 2.45) is 0 Å². The van der Waals surface area contributed by atoms with Gasteiger partial charge in [0, 0.05) is 0 Å². The monoisotopic (exact) mass is 132 g/mol. The highest BCUT2D eigenvalue weighted by Crippen LogP contribution is 1.58. The highest BCUT2D eigenvalue weighted by atomic mass is 15.1. The van der Waals surface area contributed by atoms with Crippen molar-refractivity contribution in [1.82, 2.24) is 0 Å².